The van der Waals surface area contributed by atoms with Crippen molar-refractivity contribution in [1.82, 2.24) is 5.32 Å². The van der Waals surface area contributed by atoms with Crippen LogP contribution < -0.4 is 5.32 Å². The number of benzene rings is 1. The van der Waals surface area contributed by atoms with E-state index >= 15 is 0 Å². The van der Waals surface area contributed by atoms with E-state index in [2.05, 4.69) is 5.32 Å². The molecule has 0 aliphatic heterocycles. The van der Waals surface area contributed by atoms with Crippen LogP contribution in [0.5, 0.6) is 0 Å². The maximum atomic E-state index is 11.2. The lowest BCUT2D eigenvalue weighted by Gasteiger charge is -2.20. The molecule has 0 radical (unpaired) electrons. The topological polar surface area (TPSA) is 92.5 Å². The Balaban J connectivity index is 2.70. The molecule has 1 aromatic carbocycles. The Morgan fingerprint density at radius 1 is 1.43 bits per heavy atom. The number of nitro groups is 1. The van der Waals surface area contributed by atoms with E-state index in [0.717, 1.165) is 12.8 Å². The molecule has 0 heterocycles. The fourth-order valence-corrected chi connectivity index (χ4v) is 2.28. The molecule has 0 amide bonds. The third-order valence-corrected chi connectivity index (χ3v) is 3.34. The molecule has 0 aliphatic rings. The van der Waals surface area contributed by atoms with Crippen molar-refractivity contribution in [2.24, 2.45) is 0 Å². The highest BCUT2D eigenvalue weighted by Crippen LogP contribution is 2.19. The predicted molar refractivity (Wildman–Crippen MR) is 80.3 cm³/mol. The highest BCUT2D eigenvalue weighted by atomic mass is 16.6. The largest absolute Gasteiger partial charge is 0.480 e. The normalized spacial score (nSPS) is 13.6. The summed E-state index contributed by atoms with van der Waals surface area (Å²) in [5.74, 6) is -0.877. The Morgan fingerprint density at radius 2 is 2.10 bits per heavy atom. The number of carbonyl (C=O) groups is 1. The van der Waals surface area contributed by atoms with Crippen molar-refractivity contribution in [3.63, 3.8) is 0 Å². The summed E-state index contributed by atoms with van der Waals surface area (Å²) in [5, 5.41) is 23.2. The average Bonchev–Trinajstić information content (AvgIpc) is 2.43. The molecule has 2 N–H and O–H groups in total. The van der Waals surface area contributed by atoms with Crippen molar-refractivity contribution in [3.05, 3.63) is 39.9 Å². The number of nitro benzene ring substituents is 1. The van der Waals surface area contributed by atoms with Crippen molar-refractivity contribution in [1.29, 1.82) is 0 Å². The fourth-order valence-electron chi connectivity index (χ4n) is 2.28. The van der Waals surface area contributed by atoms with E-state index in [9.17, 15) is 20.0 Å². The molecule has 6 nitrogen and oxygen atoms in total. The molecule has 0 saturated carbocycles. The first-order valence-corrected chi connectivity index (χ1v) is 7.16. The van der Waals surface area contributed by atoms with Crippen LogP contribution in [0.25, 0.3) is 0 Å². The summed E-state index contributed by atoms with van der Waals surface area (Å²) in [6.07, 6.45) is 2.76. The molecule has 0 aliphatic carbocycles. The molecule has 21 heavy (non-hydrogen) atoms. The molecule has 1 aromatic rings. The van der Waals surface area contributed by atoms with E-state index in [1.165, 1.54) is 6.07 Å². The Hall–Kier alpha value is -1.95. The van der Waals surface area contributed by atoms with Gasteiger partial charge >= 0.3 is 5.97 Å². The number of rotatable bonds is 9. The van der Waals surface area contributed by atoms with Gasteiger partial charge in [-0.1, -0.05) is 38.0 Å². The summed E-state index contributed by atoms with van der Waals surface area (Å²) >= 11 is 0. The van der Waals surface area contributed by atoms with Crippen LogP contribution in [0.3, 0.4) is 0 Å². The number of unbranched alkanes of at least 4 members (excludes halogenated alkanes) is 1. The molecule has 1 rings (SSSR count). The van der Waals surface area contributed by atoms with E-state index in [1.54, 1.807) is 18.2 Å². The summed E-state index contributed by atoms with van der Waals surface area (Å²) in [6, 6.07) is 5.79. The number of carboxylic acid groups (broad SMARTS) is 1. The lowest BCUT2D eigenvalue weighted by Crippen LogP contribution is -2.43. The molecule has 0 fully saturated rings. The van der Waals surface area contributed by atoms with E-state index in [-0.39, 0.29) is 11.7 Å². The van der Waals surface area contributed by atoms with Crippen molar-refractivity contribution in [3.8, 4) is 0 Å². The van der Waals surface area contributed by atoms with Crippen LogP contribution in [0.1, 0.15) is 38.7 Å². The molecular weight excluding hydrogens is 272 g/mol. The first-order valence-electron chi connectivity index (χ1n) is 7.16. The number of para-hydroxylation sites is 1. The summed E-state index contributed by atoms with van der Waals surface area (Å²) in [7, 11) is 0. The van der Waals surface area contributed by atoms with Gasteiger partial charge in [0.2, 0.25) is 0 Å². The van der Waals surface area contributed by atoms with Gasteiger partial charge < -0.3 is 10.4 Å². The van der Waals surface area contributed by atoms with Crippen LogP contribution in [0.4, 0.5) is 5.69 Å². The van der Waals surface area contributed by atoms with Gasteiger partial charge in [-0.3, -0.25) is 14.9 Å². The quantitative estimate of drug-likeness (QED) is 0.539. The number of aliphatic carboxylic acids is 1. The van der Waals surface area contributed by atoms with Gasteiger partial charge in [0.05, 0.1) is 4.92 Å². The van der Waals surface area contributed by atoms with Crippen LogP contribution in [-0.4, -0.2) is 28.1 Å². The van der Waals surface area contributed by atoms with Crippen LogP contribution >= 0.6 is 0 Å². The maximum Gasteiger partial charge on any atom is 0.320 e. The lowest BCUT2D eigenvalue weighted by molar-refractivity contribution is -0.385. The SMILES string of the molecule is CCCCC(NC(C)Cc1ccccc1[N+](=O)[O-])C(=O)O. The number of nitrogens with one attached hydrogen (secondary N) is 1. The van der Waals surface area contributed by atoms with E-state index in [1.807, 2.05) is 13.8 Å². The minimum Gasteiger partial charge on any atom is -0.480 e. The maximum absolute atomic E-state index is 11.2. The van der Waals surface area contributed by atoms with Gasteiger partial charge in [-0.2, -0.15) is 0 Å². The van der Waals surface area contributed by atoms with Gasteiger partial charge in [0.1, 0.15) is 6.04 Å². The minimum absolute atomic E-state index is 0.0755. The molecule has 116 valence electrons. The van der Waals surface area contributed by atoms with Gasteiger partial charge in [0.25, 0.3) is 5.69 Å². The molecule has 0 bridgehead atoms. The third-order valence-electron chi connectivity index (χ3n) is 3.34. The third kappa shape index (κ3) is 5.51. The number of hydrogen-bond donors (Lipinski definition) is 2. The second-order valence-electron chi connectivity index (χ2n) is 5.19. The second-order valence-corrected chi connectivity index (χ2v) is 5.19. The van der Waals surface area contributed by atoms with E-state index in [4.69, 9.17) is 0 Å². The second kappa shape index (κ2) is 8.36. The standard InChI is InChI=1S/C15H22N2O4/c1-3-4-8-13(15(18)19)16-11(2)10-12-7-5-6-9-14(12)17(20)21/h5-7,9,11,13,16H,3-4,8,10H2,1-2H3,(H,18,19). The molecule has 2 atom stereocenters. The Labute approximate surface area is 124 Å². The highest BCUT2D eigenvalue weighted by Gasteiger charge is 2.21. The summed E-state index contributed by atoms with van der Waals surface area (Å²) in [6.45, 7) is 3.86. The highest BCUT2D eigenvalue weighted by molar-refractivity contribution is 5.73. The molecular formula is C15H22N2O4. The van der Waals surface area contributed by atoms with Crippen LogP contribution in [-0.2, 0) is 11.2 Å². The van der Waals surface area contributed by atoms with Gasteiger partial charge in [-0.05, 0) is 19.8 Å². The molecule has 0 aromatic heterocycles. The monoisotopic (exact) mass is 294 g/mol. The molecule has 0 spiro atoms. The van der Waals surface area contributed by atoms with Gasteiger partial charge in [0, 0.05) is 17.7 Å². The van der Waals surface area contributed by atoms with Gasteiger partial charge in [-0.25, -0.2) is 0 Å². The lowest BCUT2D eigenvalue weighted by atomic mass is 10.0. The van der Waals surface area contributed by atoms with Crippen LogP contribution in [0.2, 0.25) is 0 Å². The van der Waals surface area contributed by atoms with Crippen molar-refractivity contribution < 1.29 is 14.8 Å². The molecule has 0 saturated heterocycles. The smallest absolute Gasteiger partial charge is 0.320 e. The number of carboxylic acids is 1. The fraction of sp³-hybridized carbons (Fsp3) is 0.533. The molecule has 2 unspecified atom stereocenters. The number of nitrogens with zero attached hydrogens (tertiary/aromatic N) is 1. The summed E-state index contributed by atoms with van der Waals surface area (Å²) < 4.78 is 0. The van der Waals surface area contributed by atoms with Gasteiger partial charge in [0.15, 0.2) is 0 Å². The minimum atomic E-state index is -0.877. The summed E-state index contributed by atoms with van der Waals surface area (Å²) in [4.78, 5) is 21.8. The first-order chi connectivity index (χ1) is 9.95. The van der Waals surface area contributed by atoms with E-state index in [0.29, 0.717) is 18.4 Å². The zero-order valence-corrected chi connectivity index (χ0v) is 12.4. The first kappa shape index (κ1) is 17.1. The van der Waals surface area contributed by atoms with Crippen LogP contribution in [0, 0.1) is 10.1 Å². The van der Waals surface area contributed by atoms with Gasteiger partial charge in [-0.15, -0.1) is 0 Å². The zero-order chi connectivity index (χ0) is 15.8. The average molecular weight is 294 g/mol. The van der Waals surface area contributed by atoms with E-state index < -0.39 is 16.9 Å². The zero-order valence-electron chi connectivity index (χ0n) is 12.4. The van der Waals surface area contributed by atoms with Crippen molar-refractivity contribution in [2.75, 3.05) is 0 Å². The number of hydrogen-bond acceptors (Lipinski definition) is 4. The summed E-state index contributed by atoms with van der Waals surface area (Å²) in [5.41, 5.74) is 0.689. The van der Waals surface area contributed by atoms with Crippen LogP contribution in [0.15, 0.2) is 24.3 Å². The van der Waals surface area contributed by atoms with Crippen molar-refractivity contribution >= 4 is 11.7 Å². The predicted octanol–water partition coefficient (Wildman–Crippen LogP) is 2.76. The Bertz CT molecular complexity index is 490. The Morgan fingerprint density at radius 3 is 2.67 bits per heavy atom. The Kier molecular flexibility index (Phi) is 6.81. The van der Waals surface area contributed by atoms with Crippen molar-refractivity contribution in [2.45, 2.75) is 51.6 Å². The molecule has 6 heteroatoms.